The number of aliphatic hydroxyl groups is 1. The van der Waals surface area contributed by atoms with Crippen LogP contribution < -0.4 is 64.8 Å². The van der Waals surface area contributed by atoms with Crippen molar-refractivity contribution in [1.29, 1.82) is 0 Å². The molecule has 0 aromatic heterocycles. The molecule has 0 saturated heterocycles. The van der Waals surface area contributed by atoms with E-state index in [1.807, 2.05) is 0 Å². The molecule has 0 saturated carbocycles. The molecule has 0 aliphatic heterocycles. The van der Waals surface area contributed by atoms with Crippen molar-refractivity contribution < 1.29 is 120 Å². The monoisotopic (exact) mass is 371 g/mol. The van der Waals surface area contributed by atoms with E-state index >= 15 is 0 Å². The number of hydrogen-bond acceptors (Lipinski definition) is 4. The fourth-order valence-electron chi connectivity index (χ4n) is 0.655. The molecular formula is C3H21NNa2O12P2+2. The quantitative estimate of drug-likeness (QED) is 0.203. The predicted molar refractivity (Wildman–Crippen MR) is 60.8 cm³/mol. The SMILES string of the molecule is NCCC(O)(P(=O)(O)O)P(=O)(O)O.O.O.O.O.O.[Na+].[Na+]. The third kappa shape index (κ3) is 12.6. The molecule has 0 fully saturated rings. The number of nitrogens with two attached hydrogens (primary N) is 1. The smallest absolute Gasteiger partial charge is 0.412 e. The first-order valence-electron chi connectivity index (χ1n) is 3.10. The van der Waals surface area contributed by atoms with Gasteiger partial charge in [0.15, 0.2) is 0 Å². The van der Waals surface area contributed by atoms with E-state index in [2.05, 4.69) is 0 Å². The van der Waals surface area contributed by atoms with Gasteiger partial charge in [-0.3, -0.25) is 9.13 Å². The van der Waals surface area contributed by atoms with Gasteiger partial charge in [-0.05, 0) is 6.54 Å². The molecule has 0 unspecified atom stereocenters. The van der Waals surface area contributed by atoms with Gasteiger partial charge in [-0.25, -0.2) is 0 Å². The first-order chi connectivity index (χ1) is 5.56. The van der Waals surface area contributed by atoms with E-state index in [1.165, 1.54) is 0 Å². The van der Waals surface area contributed by atoms with Crippen molar-refractivity contribution in [2.75, 3.05) is 6.54 Å². The van der Waals surface area contributed by atoms with Crippen LogP contribution in [-0.4, -0.2) is 63.7 Å². The second kappa shape index (κ2) is 17.4. The van der Waals surface area contributed by atoms with Crippen LogP contribution in [0.2, 0.25) is 0 Å². The van der Waals surface area contributed by atoms with Crippen molar-refractivity contribution in [2.45, 2.75) is 11.5 Å². The fraction of sp³-hybridized carbons (Fsp3) is 1.00. The molecule has 17 N–H and O–H groups in total. The average Bonchev–Trinajstić information content (AvgIpc) is 1.82. The molecule has 0 aliphatic carbocycles. The summed E-state index contributed by atoms with van der Waals surface area (Å²) < 4.78 is 21.2. The van der Waals surface area contributed by atoms with E-state index in [9.17, 15) is 9.13 Å². The summed E-state index contributed by atoms with van der Waals surface area (Å²) in [6, 6.07) is 0. The van der Waals surface area contributed by atoms with Crippen molar-refractivity contribution in [2.24, 2.45) is 5.73 Å². The average molecular weight is 371 g/mol. The topological polar surface area (TPSA) is 319 Å². The minimum atomic E-state index is -5.31. The van der Waals surface area contributed by atoms with Crippen LogP contribution in [0.1, 0.15) is 6.42 Å². The van der Waals surface area contributed by atoms with Crippen LogP contribution in [0.4, 0.5) is 0 Å². The van der Waals surface area contributed by atoms with Gasteiger partial charge in [0, 0.05) is 6.42 Å². The molecule has 0 spiro atoms. The van der Waals surface area contributed by atoms with Crippen LogP contribution >= 0.6 is 15.2 Å². The van der Waals surface area contributed by atoms with E-state index in [-0.39, 0.29) is 86.5 Å². The second-order valence-electron chi connectivity index (χ2n) is 2.40. The van der Waals surface area contributed by atoms with Gasteiger partial charge < -0.3 is 57.8 Å². The summed E-state index contributed by atoms with van der Waals surface area (Å²) in [5, 5.41) is 5.71. The zero-order valence-corrected chi connectivity index (χ0v) is 16.7. The van der Waals surface area contributed by atoms with Crippen molar-refractivity contribution in [1.82, 2.24) is 0 Å². The van der Waals surface area contributed by atoms with Crippen molar-refractivity contribution in [3.05, 3.63) is 0 Å². The fourth-order valence-corrected chi connectivity index (χ4v) is 2.85. The summed E-state index contributed by atoms with van der Waals surface area (Å²) >= 11 is 0. The van der Waals surface area contributed by atoms with Gasteiger partial charge in [-0.2, -0.15) is 0 Å². The minimum Gasteiger partial charge on any atom is -0.412 e. The molecule has 0 aliphatic rings. The molecule has 17 heteroatoms. The molecule has 120 valence electrons. The van der Waals surface area contributed by atoms with Crippen LogP contribution in [0.25, 0.3) is 0 Å². The summed E-state index contributed by atoms with van der Waals surface area (Å²) in [6.07, 6.45) is -0.873. The van der Waals surface area contributed by atoms with Gasteiger partial charge in [0.1, 0.15) is 0 Å². The summed E-state index contributed by atoms with van der Waals surface area (Å²) in [7, 11) is -10.6. The standard InChI is InChI=1S/C3H11NO7P2.2Na.5H2O/c4-2-1-3(5,12(6,7)8)13(9,10)11;;;;;;;/h5H,1-2,4H2,(H2,6,7,8)(H2,9,10,11);;;5*1H2/q;2*+1;;;;;. The molecule has 0 atom stereocenters. The van der Waals surface area contributed by atoms with Gasteiger partial charge in [-0.1, -0.05) is 0 Å². The maximum Gasteiger partial charge on any atom is 1.00 e. The predicted octanol–water partition coefficient (Wildman–Crippen LogP) is -11.8. The number of hydrogen-bond donors (Lipinski definition) is 6. The second-order valence-corrected chi connectivity index (χ2v) is 6.41. The summed E-state index contributed by atoms with van der Waals surface area (Å²) in [4.78, 5) is 34.1. The summed E-state index contributed by atoms with van der Waals surface area (Å²) in [6.45, 7) is -0.452. The molecule has 0 aromatic carbocycles. The Balaban J connectivity index is -0.0000000343. The maximum atomic E-state index is 10.6. The van der Waals surface area contributed by atoms with Gasteiger partial charge in [0.05, 0.1) is 0 Å². The Kier molecular flexibility index (Phi) is 43.0. The van der Waals surface area contributed by atoms with Crippen LogP contribution in [-0.2, 0) is 9.13 Å². The number of rotatable bonds is 4. The van der Waals surface area contributed by atoms with Crippen molar-refractivity contribution >= 4 is 15.2 Å². The van der Waals surface area contributed by atoms with Crippen molar-refractivity contribution in [3.63, 3.8) is 0 Å². The Bertz CT molecular complexity index is 256. The first-order valence-corrected chi connectivity index (χ1v) is 6.32. The molecule has 20 heavy (non-hydrogen) atoms. The molecule has 0 radical (unpaired) electrons. The molecular weight excluding hydrogens is 350 g/mol. The maximum absolute atomic E-state index is 10.6. The third-order valence-electron chi connectivity index (χ3n) is 1.41. The van der Waals surface area contributed by atoms with E-state index in [0.29, 0.717) is 0 Å². The van der Waals surface area contributed by atoms with Crippen LogP contribution in [0.3, 0.4) is 0 Å². The van der Waals surface area contributed by atoms with Crippen LogP contribution in [0.5, 0.6) is 0 Å². The zero-order valence-electron chi connectivity index (χ0n) is 10.9. The molecule has 13 nitrogen and oxygen atoms in total. The summed E-state index contributed by atoms with van der Waals surface area (Å²) in [5.74, 6) is 0. The van der Waals surface area contributed by atoms with Crippen LogP contribution in [0, 0.1) is 0 Å². The van der Waals surface area contributed by atoms with Crippen LogP contribution in [0.15, 0.2) is 0 Å². The third-order valence-corrected chi connectivity index (χ3v) is 5.29. The van der Waals surface area contributed by atoms with E-state index in [4.69, 9.17) is 30.4 Å². The molecule has 0 heterocycles. The van der Waals surface area contributed by atoms with Gasteiger partial charge >= 0.3 is 74.3 Å². The Morgan fingerprint density at radius 3 is 1.05 bits per heavy atom. The van der Waals surface area contributed by atoms with Gasteiger partial charge in [-0.15, -0.1) is 0 Å². The van der Waals surface area contributed by atoms with E-state index in [0.717, 1.165) is 0 Å². The van der Waals surface area contributed by atoms with E-state index < -0.39 is 33.2 Å². The molecule has 0 bridgehead atoms. The van der Waals surface area contributed by atoms with Gasteiger partial charge in [0.25, 0.3) is 5.08 Å². The van der Waals surface area contributed by atoms with E-state index in [1.54, 1.807) is 0 Å². The van der Waals surface area contributed by atoms with Crippen molar-refractivity contribution in [3.8, 4) is 0 Å². The van der Waals surface area contributed by atoms with Gasteiger partial charge in [0.2, 0.25) is 0 Å². The largest absolute Gasteiger partial charge is 1.00 e. The normalized spacial score (nSPS) is 9.50. The molecule has 0 rings (SSSR count). The Labute approximate surface area is 158 Å². The summed E-state index contributed by atoms with van der Waals surface area (Å²) in [5.41, 5.74) is 4.86. The molecule has 0 amide bonds. The Morgan fingerprint density at radius 1 is 0.800 bits per heavy atom. The zero-order chi connectivity index (χ0) is 10.9. The first kappa shape index (κ1) is 49.5. The minimum absolute atomic E-state index is 0. The Hall–Kier alpha value is 2.02. The Morgan fingerprint density at radius 2 is 1.00 bits per heavy atom. The molecule has 0 aromatic rings.